The Balaban J connectivity index is 2.34. The summed E-state index contributed by atoms with van der Waals surface area (Å²) >= 11 is 0. The van der Waals surface area contributed by atoms with Gasteiger partial charge in [-0.25, -0.2) is 0 Å². The number of nitrogens with two attached hydrogens (primary N) is 1. The molecule has 0 spiro atoms. The molecule has 8 heteroatoms. The Morgan fingerprint density at radius 3 is 2.20 bits per heavy atom. The highest BCUT2D eigenvalue weighted by molar-refractivity contribution is 5.61. The van der Waals surface area contributed by atoms with Gasteiger partial charge >= 0.3 is 5.69 Å². The average molecular weight is 275 g/mol. The lowest BCUT2D eigenvalue weighted by Crippen LogP contribution is -1.97. The smallest absolute Gasteiger partial charge is 0.311 e. The summed E-state index contributed by atoms with van der Waals surface area (Å²) in [6.45, 7) is 0. The van der Waals surface area contributed by atoms with Crippen molar-refractivity contribution < 1.29 is 14.6 Å². The molecule has 0 heterocycles. The van der Waals surface area contributed by atoms with Crippen LogP contribution in [0.2, 0.25) is 0 Å². The lowest BCUT2D eigenvalue weighted by Gasteiger charge is -2.06. The van der Waals surface area contributed by atoms with Gasteiger partial charge in [-0.2, -0.15) is 0 Å². The fraction of sp³-hybridized carbons (Fsp3) is 0. The number of nitro groups is 2. The summed E-state index contributed by atoms with van der Waals surface area (Å²) in [5.41, 5.74) is 4.99. The van der Waals surface area contributed by atoms with E-state index in [9.17, 15) is 20.2 Å². The Kier molecular flexibility index (Phi) is 3.47. The Bertz CT molecular complexity index is 687. The van der Waals surface area contributed by atoms with Crippen molar-refractivity contribution in [2.45, 2.75) is 0 Å². The predicted molar refractivity (Wildman–Crippen MR) is 70.7 cm³/mol. The lowest BCUT2D eigenvalue weighted by molar-refractivity contribution is -0.385. The van der Waals surface area contributed by atoms with Gasteiger partial charge in [-0.15, -0.1) is 0 Å². The van der Waals surface area contributed by atoms with Crippen LogP contribution in [0, 0.1) is 20.2 Å². The van der Waals surface area contributed by atoms with Crippen LogP contribution in [-0.2, 0) is 0 Å². The van der Waals surface area contributed by atoms with Crippen molar-refractivity contribution in [2.75, 3.05) is 5.73 Å². The first-order chi connectivity index (χ1) is 9.49. The van der Waals surface area contributed by atoms with Crippen molar-refractivity contribution in [2.24, 2.45) is 0 Å². The molecule has 0 fully saturated rings. The highest BCUT2D eigenvalue weighted by Crippen LogP contribution is 2.33. The molecule has 8 nitrogen and oxygen atoms in total. The fourth-order valence-corrected chi connectivity index (χ4v) is 1.58. The number of benzene rings is 2. The standard InChI is InChI=1S/C12H9N3O5/c13-9-7-8(5-6-10(9)14(16)17)20-12-4-2-1-3-11(12)15(18)19/h1-7H,13H2. The molecule has 0 aliphatic carbocycles. The number of anilines is 1. The van der Waals surface area contributed by atoms with Gasteiger partial charge in [-0.05, 0) is 12.1 Å². The summed E-state index contributed by atoms with van der Waals surface area (Å²) in [5, 5.41) is 21.5. The minimum absolute atomic E-state index is 0.0331. The van der Waals surface area contributed by atoms with Crippen LogP contribution in [0.25, 0.3) is 0 Å². The summed E-state index contributed by atoms with van der Waals surface area (Å²) in [6, 6.07) is 9.56. The summed E-state index contributed by atoms with van der Waals surface area (Å²) in [4.78, 5) is 20.3. The third kappa shape index (κ3) is 2.64. The predicted octanol–water partition coefficient (Wildman–Crippen LogP) is 2.88. The lowest BCUT2D eigenvalue weighted by atomic mass is 10.2. The van der Waals surface area contributed by atoms with E-state index in [4.69, 9.17) is 10.5 Å². The second-order valence-corrected chi connectivity index (χ2v) is 3.80. The minimum atomic E-state index is -0.621. The maximum absolute atomic E-state index is 10.8. The highest BCUT2D eigenvalue weighted by atomic mass is 16.6. The molecule has 0 saturated carbocycles. The van der Waals surface area contributed by atoms with Crippen LogP contribution in [-0.4, -0.2) is 9.85 Å². The number of nitrogens with zero attached hydrogens (tertiary/aromatic N) is 2. The topological polar surface area (TPSA) is 122 Å². The molecule has 0 radical (unpaired) electrons. The van der Waals surface area contributed by atoms with E-state index < -0.39 is 9.85 Å². The van der Waals surface area contributed by atoms with Gasteiger partial charge in [-0.1, -0.05) is 12.1 Å². The van der Waals surface area contributed by atoms with Crippen molar-refractivity contribution in [3.8, 4) is 11.5 Å². The van der Waals surface area contributed by atoms with Crippen LogP contribution in [0.3, 0.4) is 0 Å². The van der Waals surface area contributed by atoms with E-state index in [-0.39, 0.29) is 28.6 Å². The Morgan fingerprint density at radius 1 is 0.950 bits per heavy atom. The van der Waals surface area contributed by atoms with Gasteiger partial charge < -0.3 is 10.5 Å². The number of ether oxygens (including phenoxy) is 1. The van der Waals surface area contributed by atoms with E-state index in [1.807, 2.05) is 0 Å². The van der Waals surface area contributed by atoms with E-state index in [1.54, 1.807) is 6.07 Å². The van der Waals surface area contributed by atoms with Gasteiger partial charge in [0.25, 0.3) is 5.69 Å². The van der Waals surface area contributed by atoms with E-state index >= 15 is 0 Å². The van der Waals surface area contributed by atoms with Gasteiger partial charge in [0.05, 0.1) is 9.85 Å². The molecule has 2 aromatic carbocycles. The number of rotatable bonds is 4. The SMILES string of the molecule is Nc1cc(Oc2ccccc2[N+](=O)[O-])ccc1[N+](=O)[O-]. The van der Waals surface area contributed by atoms with Crippen LogP contribution in [0.4, 0.5) is 17.1 Å². The monoisotopic (exact) mass is 275 g/mol. The van der Waals surface area contributed by atoms with Crippen molar-refractivity contribution in [3.63, 3.8) is 0 Å². The largest absolute Gasteiger partial charge is 0.450 e. The molecule has 2 rings (SSSR count). The maximum atomic E-state index is 10.8. The number of hydrogen-bond acceptors (Lipinski definition) is 6. The molecule has 2 aromatic rings. The van der Waals surface area contributed by atoms with Crippen LogP contribution in [0.15, 0.2) is 42.5 Å². The second-order valence-electron chi connectivity index (χ2n) is 3.80. The zero-order valence-corrected chi connectivity index (χ0v) is 10.1. The molecule has 0 unspecified atom stereocenters. The summed E-state index contributed by atoms with van der Waals surface area (Å²) in [5.74, 6) is 0.216. The Morgan fingerprint density at radius 2 is 1.60 bits per heavy atom. The molecule has 0 aliphatic rings. The minimum Gasteiger partial charge on any atom is -0.450 e. The van der Waals surface area contributed by atoms with Gasteiger partial charge in [-0.3, -0.25) is 20.2 Å². The van der Waals surface area contributed by atoms with Crippen molar-refractivity contribution >= 4 is 17.1 Å². The molecular weight excluding hydrogens is 266 g/mol. The third-order valence-electron chi connectivity index (χ3n) is 2.49. The van der Waals surface area contributed by atoms with Gasteiger partial charge in [0, 0.05) is 18.2 Å². The average Bonchev–Trinajstić information content (AvgIpc) is 2.38. The number of para-hydroxylation sites is 2. The molecular formula is C12H9N3O5. The first-order valence-electron chi connectivity index (χ1n) is 5.44. The number of nitro benzene ring substituents is 2. The van der Waals surface area contributed by atoms with Gasteiger partial charge in [0.15, 0.2) is 0 Å². The number of nitrogen functional groups attached to an aromatic ring is 1. The molecule has 0 aliphatic heterocycles. The zero-order chi connectivity index (χ0) is 14.7. The maximum Gasteiger partial charge on any atom is 0.311 e. The normalized spacial score (nSPS) is 10.0. The van der Waals surface area contributed by atoms with Crippen LogP contribution in [0.5, 0.6) is 11.5 Å². The molecule has 102 valence electrons. The number of hydrogen-bond donors (Lipinski definition) is 1. The van der Waals surface area contributed by atoms with Gasteiger partial charge in [0.2, 0.25) is 5.75 Å². The molecule has 20 heavy (non-hydrogen) atoms. The Labute approximate surface area is 112 Å². The molecule has 0 aromatic heterocycles. The summed E-state index contributed by atoms with van der Waals surface area (Å²) < 4.78 is 5.34. The third-order valence-corrected chi connectivity index (χ3v) is 2.49. The van der Waals surface area contributed by atoms with Crippen molar-refractivity contribution in [3.05, 3.63) is 62.7 Å². The molecule has 0 bridgehead atoms. The first kappa shape index (κ1) is 13.3. The van der Waals surface area contributed by atoms with Crippen molar-refractivity contribution in [1.29, 1.82) is 0 Å². The zero-order valence-electron chi connectivity index (χ0n) is 10.1. The quantitative estimate of drug-likeness (QED) is 0.520. The van der Waals surface area contributed by atoms with Crippen LogP contribution in [0.1, 0.15) is 0 Å². The molecule has 2 N–H and O–H groups in total. The summed E-state index contributed by atoms with van der Waals surface area (Å²) in [7, 11) is 0. The van der Waals surface area contributed by atoms with Gasteiger partial charge in [0.1, 0.15) is 11.4 Å². The van der Waals surface area contributed by atoms with E-state index in [0.29, 0.717) is 0 Å². The Hall–Kier alpha value is -3.16. The molecule has 0 amide bonds. The van der Waals surface area contributed by atoms with Crippen LogP contribution >= 0.6 is 0 Å². The molecule has 0 atom stereocenters. The second kappa shape index (κ2) is 5.22. The van der Waals surface area contributed by atoms with E-state index in [1.165, 1.54) is 36.4 Å². The fourth-order valence-electron chi connectivity index (χ4n) is 1.58. The first-order valence-corrected chi connectivity index (χ1v) is 5.44. The van der Waals surface area contributed by atoms with Crippen molar-refractivity contribution in [1.82, 2.24) is 0 Å². The van der Waals surface area contributed by atoms with E-state index in [0.717, 1.165) is 0 Å². The molecule has 0 saturated heterocycles. The highest BCUT2D eigenvalue weighted by Gasteiger charge is 2.16. The van der Waals surface area contributed by atoms with Crippen LogP contribution < -0.4 is 10.5 Å². The summed E-state index contributed by atoms with van der Waals surface area (Å²) in [6.07, 6.45) is 0. The van der Waals surface area contributed by atoms with E-state index in [2.05, 4.69) is 0 Å².